The van der Waals surface area contributed by atoms with Gasteiger partial charge in [-0.2, -0.15) is 0 Å². The van der Waals surface area contributed by atoms with Crippen LogP contribution in [-0.4, -0.2) is 14.5 Å². The number of thiophene rings is 1. The molecule has 0 saturated heterocycles. The average molecular weight is 670 g/mol. The average Bonchev–Trinajstić information content (AvgIpc) is 3.88. The number of rotatable bonds is 4. The molecule has 7 aromatic carbocycles. The molecule has 4 nitrogen and oxygen atoms in total. The van der Waals surface area contributed by atoms with Gasteiger partial charge in [0.1, 0.15) is 11.2 Å². The second-order valence-electron chi connectivity index (χ2n) is 12.9. The summed E-state index contributed by atoms with van der Waals surface area (Å²) < 4.78 is 11.5. The Morgan fingerprint density at radius 3 is 2.14 bits per heavy atom. The number of aromatic nitrogens is 3. The summed E-state index contributed by atoms with van der Waals surface area (Å²) in [6.07, 6.45) is 0. The van der Waals surface area contributed by atoms with Gasteiger partial charge < -0.3 is 8.98 Å². The summed E-state index contributed by atoms with van der Waals surface area (Å²) in [5.41, 5.74) is 9.73. The lowest BCUT2D eigenvalue weighted by molar-refractivity contribution is 0.670. The molecule has 0 bridgehead atoms. The molecule has 4 heterocycles. The third-order valence-electron chi connectivity index (χ3n) is 10.0. The van der Waals surface area contributed by atoms with E-state index in [1.54, 1.807) is 0 Å². The summed E-state index contributed by atoms with van der Waals surface area (Å²) in [4.78, 5) is 10.3. The minimum absolute atomic E-state index is 0.672. The first kappa shape index (κ1) is 28.3. The Hall–Kier alpha value is -6.56. The maximum atomic E-state index is 6.47. The molecule has 0 amide bonds. The van der Waals surface area contributed by atoms with Gasteiger partial charge in [-0.1, -0.05) is 115 Å². The standard InChI is InChI=1S/C46H27N3OS/c1-2-12-28(13-3-1)46-47-37(27-38(48-46)35-20-11-19-33-31-16-5-8-22-41(31)50-44(33)35)29-14-10-15-30(26-29)49-39-21-7-4-18-36(39)43-40(49)25-24-34-32-17-6-9-23-42(32)51-45(34)43/h1-27H. The fourth-order valence-corrected chi connectivity index (χ4v) is 8.97. The van der Waals surface area contributed by atoms with Crippen LogP contribution in [0.4, 0.5) is 0 Å². The van der Waals surface area contributed by atoms with Crippen LogP contribution >= 0.6 is 11.3 Å². The van der Waals surface area contributed by atoms with Crippen LogP contribution in [0.25, 0.3) is 104 Å². The van der Waals surface area contributed by atoms with E-state index in [1.165, 1.54) is 42.0 Å². The minimum Gasteiger partial charge on any atom is -0.455 e. The molecule has 238 valence electrons. The molecule has 0 fully saturated rings. The van der Waals surface area contributed by atoms with E-state index in [4.69, 9.17) is 14.4 Å². The van der Waals surface area contributed by atoms with Crippen LogP contribution in [0.15, 0.2) is 168 Å². The second-order valence-corrected chi connectivity index (χ2v) is 14.0. The lowest BCUT2D eigenvalue weighted by Crippen LogP contribution is -1.98. The predicted molar refractivity (Wildman–Crippen MR) is 213 cm³/mol. The molecule has 0 saturated carbocycles. The number of benzene rings is 7. The first-order chi connectivity index (χ1) is 25.3. The van der Waals surface area contributed by atoms with Gasteiger partial charge in [0, 0.05) is 64.1 Å². The Morgan fingerprint density at radius 2 is 1.22 bits per heavy atom. The van der Waals surface area contributed by atoms with Crippen molar-refractivity contribution in [3.05, 3.63) is 164 Å². The maximum Gasteiger partial charge on any atom is 0.160 e. The lowest BCUT2D eigenvalue weighted by atomic mass is 10.0. The first-order valence-electron chi connectivity index (χ1n) is 17.1. The zero-order valence-corrected chi connectivity index (χ0v) is 28.1. The van der Waals surface area contributed by atoms with Gasteiger partial charge in [-0.15, -0.1) is 11.3 Å². The molecule has 51 heavy (non-hydrogen) atoms. The predicted octanol–water partition coefficient (Wildman–Crippen LogP) is 12.8. The topological polar surface area (TPSA) is 43.9 Å². The monoisotopic (exact) mass is 669 g/mol. The number of para-hydroxylation sites is 3. The van der Waals surface area contributed by atoms with Crippen molar-refractivity contribution in [2.75, 3.05) is 0 Å². The van der Waals surface area contributed by atoms with E-state index in [0.29, 0.717) is 5.82 Å². The Labute approximate surface area is 296 Å². The SMILES string of the molecule is c1ccc(-c2nc(-c3cccc(-n4c5ccccc5c5c6sc7ccccc7c6ccc54)c3)cc(-c3cccc4c3oc3ccccc34)n2)cc1. The van der Waals surface area contributed by atoms with E-state index in [2.05, 4.69) is 138 Å². The van der Waals surface area contributed by atoms with Gasteiger partial charge in [-0.05, 0) is 48.5 Å². The third-order valence-corrected chi connectivity index (χ3v) is 11.2. The highest BCUT2D eigenvalue weighted by molar-refractivity contribution is 7.26. The molecule has 0 radical (unpaired) electrons. The van der Waals surface area contributed by atoms with Crippen molar-refractivity contribution in [3.63, 3.8) is 0 Å². The zero-order valence-electron chi connectivity index (χ0n) is 27.2. The molecule has 11 aromatic rings. The van der Waals surface area contributed by atoms with Crippen molar-refractivity contribution in [3.8, 4) is 39.6 Å². The van der Waals surface area contributed by atoms with Crippen LogP contribution in [0.2, 0.25) is 0 Å². The van der Waals surface area contributed by atoms with Gasteiger partial charge >= 0.3 is 0 Å². The van der Waals surface area contributed by atoms with E-state index in [-0.39, 0.29) is 0 Å². The van der Waals surface area contributed by atoms with Gasteiger partial charge in [0.25, 0.3) is 0 Å². The van der Waals surface area contributed by atoms with E-state index in [9.17, 15) is 0 Å². The van der Waals surface area contributed by atoms with Crippen molar-refractivity contribution in [1.82, 2.24) is 14.5 Å². The molecule has 0 aliphatic carbocycles. The van der Waals surface area contributed by atoms with Crippen LogP contribution in [0.5, 0.6) is 0 Å². The molecular formula is C46H27N3OS. The molecule has 5 heteroatoms. The number of nitrogens with zero attached hydrogens (tertiary/aromatic N) is 3. The lowest BCUT2D eigenvalue weighted by Gasteiger charge is -2.12. The zero-order chi connectivity index (χ0) is 33.5. The van der Waals surface area contributed by atoms with Crippen LogP contribution < -0.4 is 0 Å². The largest absolute Gasteiger partial charge is 0.455 e. The summed E-state index contributed by atoms with van der Waals surface area (Å²) in [5.74, 6) is 0.672. The number of hydrogen-bond acceptors (Lipinski definition) is 4. The third kappa shape index (κ3) is 4.32. The molecule has 0 aliphatic heterocycles. The van der Waals surface area contributed by atoms with Crippen molar-refractivity contribution in [2.24, 2.45) is 0 Å². The van der Waals surface area contributed by atoms with E-state index in [0.717, 1.165) is 55.7 Å². The van der Waals surface area contributed by atoms with Gasteiger partial charge in [0.2, 0.25) is 0 Å². The highest BCUT2D eigenvalue weighted by Gasteiger charge is 2.19. The fraction of sp³-hybridized carbons (Fsp3) is 0. The van der Waals surface area contributed by atoms with E-state index >= 15 is 0 Å². The summed E-state index contributed by atoms with van der Waals surface area (Å²) in [6.45, 7) is 0. The Morgan fingerprint density at radius 1 is 0.490 bits per heavy atom. The Balaban J connectivity index is 1.14. The molecular weight excluding hydrogens is 643 g/mol. The summed E-state index contributed by atoms with van der Waals surface area (Å²) in [7, 11) is 0. The number of furan rings is 1. The highest BCUT2D eigenvalue weighted by Crippen LogP contribution is 2.44. The fourth-order valence-electron chi connectivity index (χ4n) is 7.72. The van der Waals surface area contributed by atoms with Gasteiger partial charge in [0.15, 0.2) is 5.82 Å². The van der Waals surface area contributed by atoms with Gasteiger partial charge in [0.05, 0.1) is 22.4 Å². The van der Waals surface area contributed by atoms with Crippen LogP contribution in [0, 0.1) is 0 Å². The van der Waals surface area contributed by atoms with Gasteiger partial charge in [-0.3, -0.25) is 0 Å². The maximum absolute atomic E-state index is 6.47. The van der Waals surface area contributed by atoms with Crippen LogP contribution in [-0.2, 0) is 0 Å². The number of hydrogen-bond donors (Lipinski definition) is 0. The van der Waals surface area contributed by atoms with Crippen molar-refractivity contribution in [1.29, 1.82) is 0 Å². The molecule has 0 N–H and O–H groups in total. The van der Waals surface area contributed by atoms with Crippen molar-refractivity contribution >= 4 is 75.3 Å². The molecule has 0 spiro atoms. The van der Waals surface area contributed by atoms with Crippen LogP contribution in [0.3, 0.4) is 0 Å². The van der Waals surface area contributed by atoms with E-state index < -0.39 is 0 Å². The summed E-state index contributed by atoms with van der Waals surface area (Å²) >= 11 is 1.88. The molecule has 0 atom stereocenters. The highest BCUT2D eigenvalue weighted by atomic mass is 32.1. The van der Waals surface area contributed by atoms with E-state index in [1.807, 2.05) is 41.7 Å². The Kier molecular flexibility index (Phi) is 6.09. The quantitative estimate of drug-likeness (QED) is 0.187. The summed E-state index contributed by atoms with van der Waals surface area (Å²) in [5, 5.41) is 7.34. The summed E-state index contributed by atoms with van der Waals surface area (Å²) in [6, 6.07) is 57.6. The molecule has 4 aromatic heterocycles. The molecule has 0 aliphatic rings. The van der Waals surface area contributed by atoms with Gasteiger partial charge in [-0.25, -0.2) is 9.97 Å². The first-order valence-corrected chi connectivity index (χ1v) is 17.9. The second kappa shape index (κ2) is 11.0. The normalized spacial score (nSPS) is 11.9. The van der Waals surface area contributed by atoms with Crippen molar-refractivity contribution in [2.45, 2.75) is 0 Å². The minimum atomic E-state index is 0.672. The van der Waals surface area contributed by atoms with Crippen molar-refractivity contribution < 1.29 is 4.42 Å². The molecule has 11 rings (SSSR count). The molecule has 0 unspecified atom stereocenters. The smallest absolute Gasteiger partial charge is 0.160 e. The Bertz CT molecular complexity index is 3150. The number of fused-ring (bicyclic) bond motifs is 10. The van der Waals surface area contributed by atoms with Crippen LogP contribution in [0.1, 0.15) is 0 Å².